The highest BCUT2D eigenvalue weighted by Gasteiger charge is 2.55. The van der Waals surface area contributed by atoms with Gasteiger partial charge in [0.15, 0.2) is 0 Å². The van der Waals surface area contributed by atoms with E-state index < -0.39 is 29.2 Å². The molecule has 2 aliphatic heterocycles. The molecule has 6 rings (SSSR count). The first-order valence-corrected chi connectivity index (χ1v) is 17.3. The van der Waals surface area contributed by atoms with Gasteiger partial charge >= 0.3 is 23.9 Å². The van der Waals surface area contributed by atoms with Crippen LogP contribution in [0.15, 0.2) is 41.3 Å². The molecule has 1 fully saturated rings. The van der Waals surface area contributed by atoms with Crippen molar-refractivity contribution in [2.75, 3.05) is 21.3 Å². The highest BCUT2D eigenvalue weighted by atomic mass is 16.5. The van der Waals surface area contributed by atoms with Gasteiger partial charge < -0.3 is 39.6 Å². The van der Waals surface area contributed by atoms with Crippen LogP contribution in [0.1, 0.15) is 75.9 Å². The minimum absolute atomic E-state index is 0.0595. The fraction of sp³-hybridized carbons (Fsp3) is 0.317. The van der Waals surface area contributed by atoms with Crippen LogP contribution in [0.25, 0.3) is 30.4 Å². The topological polar surface area (TPSA) is 176 Å². The van der Waals surface area contributed by atoms with Crippen LogP contribution < -0.4 is 16.0 Å². The number of fused-ring (bicyclic) bond motifs is 11. The third kappa shape index (κ3) is 6.28. The van der Waals surface area contributed by atoms with Gasteiger partial charge in [0, 0.05) is 63.3 Å². The Balaban J connectivity index is 1.72. The Hall–Kier alpha value is -6.04. The quantitative estimate of drug-likeness (QED) is 0.161. The van der Waals surface area contributed by atoms with Crippen LogP contribution in [0.5, 0.6) is 0 Å². The molecule has 5 heterocycles. The van der Waals surface area contributed by atoms with Gasteiger partial charge in [-0.3, -0.25) is 14.4 Å². The van der Waals surface area contributed by atoms with Crippen molar-refractivity contribution in [1.29, 1.82) is 0 Å². The van der Waals surface area contributed by atoms with E-state index in [2.05, 4.69) is 26.8 Å². The maximum Gasteiger partial charge on any atom is 0.334 e. The summed E-state index contributed by atoms with van der Waals surface area (Å²) in [5, 5.41) is 14.8. The van der Waals surface area contributed by atoms with Crippen molar-refractivity contribution in [2.45, 2.75) is 53.4 Å². The average Bonchev–Trinajstić information content (AvgIpc) is 3.79. The van der Waals surface area contributed by atoms with Crippen LogP contribution in [-0.2, 0) is 46.2 Å². The Kier molecular flexibility index (Phi) is 9.83. The molecule has 0 saturated carbocycles. The summed E-state index contributed by atoms with van der Waals surface area (Å²) in [6, 6.07) is 0. The predicted octanol–water partition coefficient (Wildman–Crippen LogP) is 4.15. The summed E-state index contributed by atoms with van der Waals surface area (Å²) in [7, 11) is 3.92. The number of esters is 3. The fourth-order valence-electron chi connectivity index (χ4n) is 7.86. The average molecular weight is 721 g/mol. The van der Waals surface area contributed by atoms with Crippen molar-refractivity contribution < 1.29 is 38.5 Å². The van der Waals surface area contributed by atoms with Crippen LogP contribution in [0.3, 0.4) is 0 Å². The molecule has 12 heteroatoms. The Morgan fingerprint density at radius 1 is 0.792 bits per heavy atom. The standard InChI is InChI=1S/C41H44N4O8/c1-9-23-20(2)29-17-34-27-13-10-26(39(49)52-7)38(40(50)53-8)41(27,5)35(45-34)19-30-22(4)25(12-15-37(48)51-6)33(44-30)18-32-24(11-14-36(46)47)21(3)28(43-32)16-31(23)42-29/h9-10,13,16-19,38,42-45H,1,11-12,14-15H2,2-8H3,(H,46,47)/t38-,41+/m1/s1. The number of allylic oxidation sites excluding steroid dienone is 4. The zero-order valence-electron chi connectivity index (χ0n) is 31.0. The number of aliphatic carboxylic acids is 1. The summed E-state index contributed by atoms with van der Waals surface area (Å²) >= 11 is 0. The zero-order valence-corrected chi connectivity index (χ0v) is 31.0. The number of methoxy groups -OCH3 is 3. The van der Waals surface area contributed by atoms with E-state index in [-0.39, 0.29) is 24.4 Å². The summed E-state index contributed by atoms with van der Waals surface area (Å²) in [4.78, 5) is 61.6. The number of carboxylic acids is 1. The van der Waals surface area contributed by atoms with E-state index in [4.69, 9.17) is 14.2 Å². The van der Waals surface area contributed by atoms with Gasteiger partial charge in [-0.2, -0.15) is 0 Å². The molecule has 3 aliphatic rings. The second-order valence-corrected chi connectivity index (χ2v) is 13.7. The lowest BCUT2D eigenvalue weighted by Crippen LogP contribution is -2.40. The lowest BCUT2D eigenvalue weighted by molar-refractivity contribution is -0.150. The largest absolute Gasteiger partial charge is 0.481 e. The summed E-state index contributed by atoms with van der Waals surface area (Å²) in [6.45, 7) is 11.9. The Morgan fingerprint density at radius 3 is 2.13 bits per heavy atom. The fourth-order valence-corrected chi connectivity index (χ4v) is 7.86. The number of nitrogens with one attached hydrogen (secondary N) is 4. The number of carbonyl (C=O) groups excluding carboxylic acids is 3. The second-order valence-electron chi connectivity index (χ2n) is 13.7. The molecular formula is C41H44N4O8. The van der Waals surface area contributed by atoms with E-state index in [1.54, 1.807) is 12.2 Å². The molecule has 2 atom stereocenters. The summed E-state index contributed by atoms with van der Waals surface area (Å²) < 4.78 is 15.4. The number of hydrogen-bond donors (Lipinski definition) is 5. The Bertz CT molecular complexity index is 2340. The number of hydrogen-bond acceptors (Lipinski definition) is 8. The van der Waals surface area contributed by atoms with Gasteiger partial charge in [0.05, 0.1) is 32.3 Å². The molecule has 0 radical (unpaired) electrons. The van der Waals surface area contributed by atoms with E-state index in [1.165, 1.54) is 21.3 Å². The first-order chi connectivity index (χ1) is 25.3. The molecule has 53 heavy (non-hydrogen) atoms. The van der Waals surface area contributed by atoms with Gasteiger partial charge in [-0.25, -0.2) is 4.79 Å². The summed E-state index contributed by atoms with van der Waals surface area (Å²) in [5.41, 5.74) is 9.51. The van der Waals surface area contributed by atoms with Gasteiger partial charge in [0.25, 0.3) is 0 Å². The number of carbonyl (C=O) groups is 4. The second kappa shape index (κ2) is 14.2. The lowest BCUT2D eigenvalue weighted by atomic mass is 9.64. The smallest absolute Gasteiger partial charge is 0.334 e. The molecule has 3 aromatic rings. The number of aromatic amines is 3. The number of ether oxygens (including phenoxy) is 3. The third-order valence-corrected chi connectivity index (χ3v) is 10.9. The molecule has 0 aromatic carbocycles. The van der Waals surface area contributed by atoms with Crippen molar-refractivity contribution in [3.05, 3.63) is 108 Å². The van der Waals surface area contributed by atoms with Crippen LogP contribution in [-0.4, -0.2) is 65.3 Å². The highest BCUT2D eigenvalue weighted by Crippen LogP contribution is 2.55. The molecule has 0 spiro atoms. The lowest BCUT2D eigenvalue weighted by Gasteiger charge is -2.36. The summed E-state index contributed by atoms with van der Waals surface area (Å²) in [5.74, 6) is -3.55. The van der Waals surface area contributed by atoms with Gasteiger partial charge in [-0.1, -0.05) is 24.8 Å². The van der Waals surface area contributed by atoms with E-state index in [1.807, 2.05) is 58.1 Å². The van der Waals surface area contributed by atoms with E-state index >= 15 is 0 Å². The maximum atomic E-state index is 13.7. The van der Waals surface area contributed by atoms with Gasteiger partial charge in [-0.15, -0.1) is 0 Å². The first-order valence-electron chi connectivity index (χ1n) is 17.3. The van der Waals surface area contributed by atoms with Crippen molar-refractivity contribution >= 4 is 54.3 Å². The Morgan fingerprint density at radius 2 is 1.47 bits per heavy atom. The van der Waals surface area contributed by atoms with Crippen molar-refractivity contribution in [3.63, 3.8) is 0 Å². The Labute approximate surface area is 306 Å². The monoisotopic (exact) mass is 720 g/mol. The van der Waals surface area contributed by atoms with E-state index in [9.17, 15) is 24.3 Å². The van der Waals surface area contributed by atoms with Crippen LogP contribution in [0.2, 0.25) is 0 Å². The third-order valence-electron chi connectivity index (χ3n) is 10.9. The molecule has 0 unspecified atom stereocenters. The first kappa shape index (κ1) is 36.7. The van der Waals surface area contributed by atoms with Gasteiger partial charge in [0.2, 0.25) is 0 Å². The number of rotatable bonds is 9. The van der Waals surface area contributed by atoms with Gasteiger partial charge in [0.1, 0.15) is 5.92 Å². The van der Waals surface area contributed by atoms with Crippen molar-refractivity contribution in [3.8, 4) is 0 Å². The molecular weight excluding hydrogens is 676 g/mol. The molecule has 0 amide bonds. The van der Waals surface area contributed by atoms with Crippen LogP contribution >= 0.6 is 0 Å². The molecule has 3 aromatic heterocycles. The molecule has 1 saturated heterocycles. The van der Waals surface area contributed by atoms with Crippen molar-refractivity contribution in [2.24, 2.45) is 11.3 Å². The molecule has 8 bridgehead atoms. The minimum Gasteiger partial charge on any atom is -0.481 e. The SMILES string of the molecule is C=Cc1c2[nH]c(c1C)C=C1NC(=Cc3[nH]c(c(CCC(=O)OC)c3C)C=c3[nH]c(c(C)c3CCC(=O)O)=C2)[C@]2(C)C1=CC=C(C(=O)OC)[C@@H]2C(=O)OC. The normalized spacial score (nSPS) is 18.5. The predicted molar refractivity (Wildman–Crippen MR) is 200 cm³/mol. The van der Waals surface area contributed by atoms with Crippen molar-refractivity contribution in [1.82, 2.24) is 20.3 Å². The van der Waals surface area contributed by atoms with E-state index in [0.717, 1.165) is 66.7 Å². The van der Waals surface area contributed by atoms with Crippen LogP contribution in [0.4, 0.5) is 0 Å². The highest BCUT2D eigenvalue weighted by molar-refractivity contribution is 5.98. The van der Waals surface area contributed by atoms with E-state index in [0.29, 0.717) is 29.9 Å². The van der Waals surface area contributed by atoms with Gasteiger partial charge in [-0.05, 0) is 98.2 Å². The maximum absolute atomic E-state index is 13.7. The molecule has 276 valence electrons. The molecule has 12 nitrogen and oxygen atoms in total. The molecule has 1 aliphatic carbocycles. The minimum atomic E-state index is -1.11. The van der Waals surface area contributed by atoms with Crippen LogP contribution in [0, 0.1) is 32.1 Å². The number of H-pyrrole nitrogens is 3. The number of carboxylic acid groups (broad SMARTS) is 1. The molecule has 5 N–H and O–H groups in total. The number of aromatic nitrogens is 3. The zero-order chi connectivity index (χ0) is 38.4. The summed E-state index contributed by atoms with van der Waals surface area (Å²) in [6.07, 6.45) is 13.8.